The van der Waals surface area contributed by atoms with E-state index in [1.807, 2.05) is 4.72 Å². The van der Waals surface area contributed by atoms with E-state index < -0.39 is 45.3 Å². The number of rotatable bonds is 9. The van der Waals surface area contributed by atoms with Gasteiger partial charge in [-0.15, -0.1) is 0 Å². The second-order valence-corrected chi connectivity index (χ2v) is 12.4. The summed E-state index contributed by atoms with van der Waals surface area (Å²) in [6.45, 7) is 2.85. The molecule has 15 heteroatoms. The first-order valence-electron chi connectivity index (χ1n) is 14.2. The number of sulfonamides is 1. The Kier molecular flexibility index (Phi) is 10.1. The number of nitrogens with one attached hydrogen (secondary N) is 1. The van der Waals surface area contributed by atoms with E-state index in [0.717, 1.165) is 37.1 Å². The number of alkyl halides is 3. The van der Waals surface area contributed by atoms with Gasteiger partial charge in [0.1, 0.15) is 11.9 Å². The van der Waals surface area contributed by atoms with Crippen LogP contribution in [0.4, 0.5) is 19.0 Å². The standard InChI is InChI=1S/C29H32F3N5O6S/c1-2-43-28(40)23-15-21(16-33)26(34-24(23)17-37-12-4-3-5-25(37)38)36-13-10-20(11-14-36)27(39)35-44(41,42)18-19-6-8-22(9-7-19)29(30,31)32/h6-9,15,20H,2-5,10-14,17-18H2,1H3,(H,35,39). The molecule has 2 aliphatic heterocycles. The van der Waals surface area contributed by atoms with E-state index in [0.29, 0.717) is 18.7 Å². The summed E-state index contributed by atoms with van der Waals surface area (Å²) in [5.41, 5.74) is -0.313. The Balaban J connectivity index is 1.45. The Morgan fingerprint density at radius 1 is 1.14 bits per heavy atom. The quantitative estimate of drug-likeness (QED) is 0.409. The number of amides is 2. The molecule has 0 saturated carbocycles. The minimum absolute atomic E-state index is 0.0566. The van der Waals surface area contributed by atoms with Crippen LogP contribution in [-0.2, 0) is 42.8 Å². The summed E-state index contributed by atoms with van der Waals surface area (Å²) in [6, 6.07) is 7.11. The van der Waals surface area contributed by atoms with Gasteiger partial charge in [-0.2, -0.15) is 18.4 Å². The second kappa shape index (κ2) is 13.6. The Morgan fingerprint density at radius 3 is 2.41 bits per heavy atom. The number of pyridine rings is 1. The number of likely N-dealkylation sites (tertiary alicyclic amines) is 1. The van der Waals surface area contributed by atoms with Crippen LogP contribution in [0.5, 0.6) is 0 Å². The summed E-state index contributed by atoms with van der Waals surface area (Å²) in [7, 11) is -4.18. The zero-order chi connectivity index (χ0) is 32.1. The normalized spacial score (nSPS) is 16.4. The number of piperidine rings is 2. The highest BCUT2D eigenvalue weighted by Gasteiger charge is 2.32. The van der Waals surface area contributed by atoms with E-state index >= 15 is 0 Å². The maximum Gasteiger partial charge on any atom is 0.416 e. The van der Waals surface area contributed by atoms with Crippen molar-refractivity contribution in [2.75, 3.05) is 31.1 Å². The van der Waals surface area contributed by atoms with Crippen LogP contribution in [0.15, 0.2) is 30.3 Å². The third-order valence-corrected chi connectivity index (χ3v) is 8.74. The molecule has 44 heavy (non-hydrogen) atoms. The topological polar surface area (TPSA) is 150 Å². The van der Waals surface area contributed by atoms with Gasteiger partial charge in [0.05, 0.1) is 41.3 Å². The van der Waals surface area contributed by atoms with Gasteiger partial charge in [-0.05, 0) is 56.4 Å². The zero-order valence-corrected chi connectivity index (χ0v) is 24.8. The fourth-order valence-corrected chi connectivity index (χ4v) is 6.39. The van der Waals surface area contributed by atoms with Crippen molar-refractivity contribution < 1.29 is 40.7 Å². The molecule has 1 N–H and O–H groups in total. The lowest BCUT2D eigenvalue weighted by atomic mass is 9.96. The van der Waals surface area contributed by atoms with Crippen LogP contribution in [0, 0.1) is 17.2 Å². The first-order valence-corrected chi connectivity index (χ1v) is 15.8. The first kappa shape index (κ1) is 32.7. The van der Waals surface area contributed by atoms with Crippen molar-refractivity contribution in [2.45, 2.75) is 57.5 Å². The zero-order valence-electron chi connectivity index (χ0n) is 24.0. The summed E-state index contributed by atoms with van der Waals surface area (Å²) in [5, 5.41) is 9.86. The third kappa shape index (κ3) is 8.04. The van der Waals surface area contributed by atoms with Crippen LogP contribution in [0.25, 0.3) is 0 Å². The van der Waals surface area contributed by atoms with Crippen molar-refractivity contribution in [3.63, 3.8) is 0 Å². The predicted octanol–water partition coefficient (Wildman–Crippen LogP) is 3.52. The molecule has 0 radical (unpaired) electrons. The van der Waals surface area contributed by atoms with Gasteiger partial charge in [0, 0.05) is 32.0 Å². The number of anilines is 1. The average Bonchev–Trinajstić information content (AvgIpc) is 2.97. The van der Waals surface area contributed by atoms with Crippen molar-refractivity contribution >= 4 is 33.6 Å². The van der Waals surface area contributed by atoms with E-state index in [9.17, 15) is 41.2 Å². The van der Waals surface area contributed by atoms with Gasteiger partial charge in [0.25, 0.3) is 0 Å². The lowest BCUT2D eigenvalue weighted by Gasteiger charge is -2.33. The Labute approximate surface area is 253 Å². The molecule has 3 heterocycles. The minimum Gasteiger partial charge on any atom is -0.462 e. The predicted molar refractivity (Wildman–Crippen MR) is 151 cm³/mol. The molecule has 0 aliphatic carbocycles. The van der Waals surface area contributed by atoms with Crippen LogP contribution < -0.4 is 9.62 Å². The van der Waals surface area contributed by atoms with Crippen LogP contribution >= 0.6 is 0 Å². The Bertz CT molecular complexity index is 1550. The minimum atomic E-state index is -4.55. The van der Waals surface area contributed by atoms with Crippen molar-refractivity contribution in [2.24, 2.45) is 5.92 Å². The molecule has 2 aromatic rings. The number of halogens is 3. The lowest BCUT2D eigenvalue weighted by Crippen LogP contribution is -2.43. The maximum atomic E-state index is 12.8. The molecule has 236 valence electrons. The Hall–Kier alpha value is -4.19. The van der Waals surface area contributed by atoms with Crippen molar-refractivity contribution in [1.82, 2.24) is 14.6 Å². The highest BCUT2D eigenvalue weighted by Crippen LogP contribution is 2.30. The average molecular weight is 636 g/mol. The number of esters is 1. The van der Waals surface area contributed by atoms with Crippen LogP contribution in [0.3, 0.4) is 0 Å². The molecular weight excluding hydrogens is 603 g/mol. The maximum absolute atomic E-state index is 12.8. The summed E-state index contributed by atoms with van der Waals surface area (Å²) >= 11 is 0. The third-order valence-electron chi connectivity index (χ3n) is 7.52. The molecule has 2 fully saturated rings. The highest BCUT2D eigenvalue weighted by molar-refractivity contribution is 7.89. The molecule has 0 bridgehead atoms. The molecular formula is C29H32F3N5O6S. The molecule has 0 spiro atoms. The molecule has 2 saturated heterocycles. The van der Waals surface area contributed by atoms with Gasteiger partial charge in [-0.25, -0.2) is 18.2 Å². The van der Waals surface area contributed by atoms with Gasteiger partial charge in [-0.3, -0.25) is 14.3 Å². The van der Waals surface area contributed by atoms with E-state index in [1.54, 1.807) is 16.7 Å². The SMILES string of the molecule is CCOC(=O)c1cc(C#N)c(N2CCC(C(=O)NS(=O)(=O)Cc3ccc(C(F)(F)F)cc3)CC2)nc1CN1CCCCC1=O. The summed E-state index contributed by atoms with van der Waals surface area (Å²) in [4.78, 5) is 46.0. The molecule has 1 aromatic heterocycles. The molecule has 2 amide bonds. The van der Waals surface area contributed by atoms with E-state index in [4.69, 9.17) is 4.74 Å². The van der Waals surface area contributed by atoms with Crippen LogP contribution in [-0.4, -0.2) is 62.3 Å². The van der Waals surface area contributed by atoms with E-state index in [2.05, 4.69) is 11.1 Å². The van der Waals surface area contributed by atoms with Gasteiger partial charge in [-0.1, -0.05) is 12.1 Å². The molecule has 4 rings (SSSR count). The smallest absolute Gasteiger partial charge is 0.416 e. The first-order chi connectivity index (χ1) is 20.8. The number of hydrogen-bond acceptors (Lipinski definition) is 9. The number of carbonyl (C=O) groups excluding carboxylic acids is 3. The molecule has 11 nitrogen and oxygen atoms in total. The van der Waals surface area contributed by atoms with E-state index in [-0.39, 0.29) is 67.5 Å². The number of hydrogen-bond donors (Lipinski definition) is 1. The van der Waals surface area contributed by atoms with Gasteiger partial charge >= 0.3 is 12.1 Å². The second-order valence-electron chi connectivity index (χ2n) is 10.6. The molecule has 0 atom stereocenters. The Morgan fingerprint density at radius 2 is 1.82 bits per heavy atom. The number of ether oxygens (including phenoxy) is 1. The van der Waals surface area contributed by atoms with Crippen LogP contribution in [0.1, 0.15) is 71.8 Å². The number of nitriles is 1. The fraction of sp³-hybridized carbons (Fsp3) is 0.483. The highest BCUT2D eigenvalue weighted by atomic mass is 32.2. The summed E-state index contributed by atoms with van der Waals surface area (Å²) in [5.74, 6) is -2.50. The van der Waals surface area contributed by atoms with Crippen molar-refractivity contribution in [3.8, 4) is 6.07 Å². The lowest BCUT2D eigenvalue weighted by molar-refractivity contribution is -0.137. The number of aromatic nitrogens is 1. The summed E-state index contributed by atoms with van der Waals surface area (Å²) in [6.07, 6.45) is -2.10. The molecule has 1 aromatic carbocycles. The van der Waals surface area contributed by atoms with Gasteiger partial charge in [0.15, 0.2) is 0 Å². The number of benzene rings is 1. The van der Waals surface area contributed by atoms with Gasteiger partial charge < -0.3 is 14.5 Å². The number of nitrogens with zero attached hydrogens (tertiary/aromatic N) is 4. The van der Waals surface area contributed by atoms with Gasteiger partial charge in [0.2, 0.25) is 21.8 Å². The molecule has 0 unspecified atom stereocenters. The van der Waals surface area contributed by atoms with Crippen LogP contribution in [0.2, 0.25) is 0 Å². The fourth-order valence-electron chi connectivity index (χ4n) is 5.22. The monoisotopic (exact) mass is 635 g/mol. The number of carbonyl (C=O) groups is 3. The van der Waals surface area contributed by atoms with Crippen molar-refractivity contribution in [3.05, 3.63) is 58.3 Å². The largest absolute Gasteiger partial charge is 0.462 e. The van der Waals surface area contributed by atoms with Crippen molar-refractivity contribution in [1.29, 1.82) is 5.26 Å². The summed E-state index contributed by atoms with van der Waals surface area (Å²) < 4.78 is 70.7. The molecule has 2 aliphatic rings. The van der Waals surface area contributed by atoms with E-state index in [1.165, 1.54) is 6.07 Å².